The van der Waals surface area contributed by atoms with E-state index in [4.69, 9.17) is 0 Å². The Bertz CT molecular complexity index is 829. The molecule has 2 aliphatic carbocycles. The highest BCUT2D eigenvalue weighted by Crippen LogP contribution is 2.41. The molecule has 22 heavy (non-hydrogen) atoms. The molecule has 0 heterocycles. The predicted molar refractivity (Wildman–Crippen MR) is 87.2 cm³/mol. The molecule has 2 atom stereocenters. The first-order valence-corrected chi connectivity index (χ1v) is 7.98. The topological polar surface area (TPSA) is 34.1 Å². The smallest absolute Gasteiger partial charge is 0.167 e. The van der Waals surface area contributed by atoms with Crippen LogP contribution in [-0.2, 0) is 0 Å². The molecule has 0 N–H and O–H groups in total. The van der Waals surface area contributed by atoms with Gasteiger partial charge in [-0.25, -0.2) is 0 Å². The van der Waals surface area contributed by atoms with Gasteiger partial charge in [-0.2, -0.15) is 0 Å². The summed E-state index contributed by atoms with van der Waals surface area (Å²) in [6.45, 7) is 2.11. The van der Waals surface area contributed by atoms with Crippen molar-refractivity contribution in [2.45, 2.75) is 26.2 Å². The zero-order valence-electron chi connectivity index (χ0n) is 12.6. The molecule has 0 aliphatic heterocycles. The molecule has 2 heteroatoms. The third-order valence-corrected chi connectivity index (χ3v) is 5.17. The van der Waals surface area contributed by atoms with E-state index < -0.39 is 0 Å². The number of hydrogen-bond donors (Lipinski definition) is 0. The molecule has 2 aromatic carbocycles. The second-order valence-electron chi connectivity index (χ2n) is 6.34. The fourth-order valence-electron chi connectivity index (χ4n) is 3.87. The number of rotatable bonds is 1. The van der Waals surface area contributed by atoms with E-state index in [2.05, 4.69) is 13.0 Å². The number of ketones is 2. The molecule has 0 aromatic heterocycles. The SMILES string of the molecule is CCC1=CC[C@@H]2C(=O)c3cc4ccccc4cc3C(=O)[C@H]2C1. The Morgan fingerprint density at radius 2 is 1.55 bits per heavy atom. The molecule has 2 aliphatic rings. The molecule has 0 unspecified atom stereocenters. The lowest BCUT2D eigenvalue weighted by molar-refractivity contribution is 0.0725. The predicted octanol–water partition coefficient (Wildman–Crippen LogP) is 4.58. The van der Waals surface area contributed by atoms with Crippen LogP contribution >= 0.6 is 0 Å². The number of fused-ring (bicyclic) bond motifs is 3. The van der Waals surface area contributed by atoms with Crippen LogP contribution in [0.3, 0.4) is 0 Å². The highest BCUT2D eigenvalue weighted by atomic mass is 16.1. The number of carbonyl (C=O) groups is 2. The van der Waals surface area contributed by atoms with Crippen molar-refractivity contribution in [2.75, 3.05) is 0 Å². The summed E-state index contributed by atoms with van der Waals surface area (Å²) in [7, 11) is 0. The average Bonchev–Trinajstić information content (AvgIpc) is 2.58. The summed E-state index contributed by atoms with van der Waals surface area (Å²) in [5.41, 5.74) is 2.56. The summed E-state index contributed by atoms with van der Waals surface area (Å²) in [5.74, 6) is -0.00117. The Balaban J connectivity index is 1.88. The zero-order valence-corrected chi connectivity index (χ0v) is 12.6. The lowest BCUT2D eigenvalue weighted by Crippen LogP contribution is -2.38. The standard InChI is InChI=1S/C20H18O2/c1-2-12-7-8-15-16(9-12)20(22)18-11-14-6-4-3-5-13(14)10-17(18)19(15)21/h3-7,10-11,15-16H,2,8-9H2,1H3/t15-,16-/m0/s1. The van der Waals surface area contributed by atoms with Crippen LogP contribution in [0.1, 0.15) is 46.9 Å². The van der Waals surface area contributed by atoms with Gasteiger partial charge < -0.3 is 0 Å². The first kappa shape index (κ1) is 13.4. The molecule has 0 spiro atoms. The Kier molecular flexibility index (Phi) is 3.00. The van der Waals surface area contributed by atoms with E-state index in [0.717, 1.165) is 23.6 Å². The molecule has 2 aromatic rings. The lowest BCUT2D eigenvalue weighted by Gasteiger charge is -2.34. The van der Waals surface area contributed by atoms with Gasteiger partial charge in [-0.05, 0) is 42.2 Å². The van der Waals surface area contributed by atoms with Gasteiger partial charge in [0, 0.05) is 23.0 Å². The summed E-state index contributed by atoms with van der Waals surface area (Å²) in [6.07, 6.45) is 4.59. The van der Waals surface area contributed by atoms with Crippen LogP contribution in [0.5, 0.6) is 0 Å². The fraction of sp³-hybridized carbons (Fsp3) is 0.300. The molecule has 0 fully saturated rings. The Labute approximate surface area is 129 Å². The Hall–Kier alpha value is -2.22. The van der Waals surface area contributed by atoms with Crippen molar-refractivity contribution < 1.29 is 9.59 Å². The van der Waals surface area contributed by atoms with Gasteiger partial charge in [0.25, 0.3) is 0 Å². The van der Waals surface area contributed by atoms with Crippen LogP contribution in [0, 0.1) is 11.8 Å². The second kappa shape index (κ2) is 4.91. The summed E-state index contributed by atoms with van der Waals surface area (Å²) < 4.78 is 0. The van der Waals surface area contributed by atoms with Crippen molar-refractivity contribution in [3.63, 3.8) is 0 Å². The molecular formula is C20H18O2. The molecule has 0 bridgehead atoms. The van der Waals surface area contributed by atoms with Crippen LogP contribution in [0.25, 0.3) is 10.8 Å². The van der Waals surface area contributed by atoms with Gasteiger partial charge in [0.1, 0.15) is 0 Å². The van der Waals surface area contributed by atoms with Crippen molar-refractivity contribution in [2.24, 2.45) is 11.8 Å². The molecule has 0 saturated carbocycles. The van der Waals surface area contributed by atoms with E-state index in [1.54, 1.807) is 0 Å². The zero-order chi connectivity index (χ0) is 15.3. The van der Waals surface area contributed by atoms with Crippen molar-refractivity contribution in [1.82, 2.24) is 0 Å². The molecule has 110 valence electrons. The minimum Gasteiger partial charge on any atom is -0.294 e. The maximum Gasteiger partial charge on any atom is 0.167 e. The molecule has 0 amide bonds. The summed E-state index contributed by atoms with van der Waals surface area (Å²) in [5, 5.41) is 2.06. The van der Waals surface area contributed by atoms with Crippen molar-refractivity contribution >= 4 is 22.3 Å². The highest BCUT2D eigenvalue weighted by Gasteiger charge is 2.42. The molecule has 0 radical (unpaired) electrons. The van der Waals surface area contributed by atoms with Crippen molar-refractivity contribution in [3.05, 3.63) is 59.2 Å². The number of allylic oxidation sites excluding steroid dienone is 2. The van der Waals surface area contributed by atoms with Gasteiger partial charge in [0.2, 0.25) is 0 Å². The maximum absolute atomic E-state index is 12.9. The normalized spacial score (nSPS) is 24.0. The van der Waals surface area contributed by atoms with E-state index >= 15 is 0 Å². The van der Waals surface area contributed by atoms with E-state index in [1.807, 2.05) is 36.4 Å². The van der Waals surface area contributed by atoms with Gasteiger partial charge in [-0.15, -0.1) is 0 Å². The largest absolute Gasteiger partial charge is 0.294 e. The van der Waals surface area contributed by atoms with Crippen LogP contribution in [-0.4, -0.2) is 11.6 Å². The first-order valence-electron chi connectivity index (χ1n) is 7.98. The van der Waals surface area contributed by atoms with E-state index in [1.165, 1.54) is 5.57 Å². The van der Waals surface area contributed by atoms with Gasteiger partial charge in [0.15, 0.2) is 11.6 Å². The fourth-order valence-corrected chi connectivity index (χ4v) is 3.87. The number of carbonyl (C=O) groups excluding carboxylic acids is 2. The molecule has 2 nitrogen and oxygen atoms in total. The lowest BCUT2D eigenvalue weighted by atomic mass is 9.67. The van der Waals surface area contributed by atoms with Gasteiger partial charge >= 0.3 is 0 Å². The number of hydrogen-bond acceptors (Lipinski definition) is 2. The van der Waals surface area contributed by atoms with E-state index in [9.17, 15) is 9.59 Å². The minimum atomic E-state index is -0.156. The second-order valence-corrected chi connectivity index (χ2v) is 6.34. The average molecular weight is 290 g/mol. The summed E-state index contributed by atoms with van der Waals surface area (Å²) in [6, 6.07) is 11.7. The van der Waals surface area contributed by atoms with Gasteiger partial charge in [-0.3, -0.25) is 9.59 Å². The quantitative estimate of drug-likeness (QED) is 0.720. The van der Waals surface area contributed by atoms with Crippen molar-refractivity contribution in [3.8, 4) is 0 Å². The third kappa shape index (κ3) is 1.87. The highest BCUT2D eigenvalue weighted by molar-refractivity contribution is 6.18. The minimum absolute atomic E-state index is 0.150. The summed E-state index contributed by atoms with van der Waals surface area (Å²) >= 11 is 0. The first-order chi connectivity index (χ1) is 10.7. The van der Waals surface area contributed by atoms with E-state index in [0.29, 0.717) is 17.5 Å². The van der Waals surface area contributed by atoms with Gasteiger partial charge in [-0.1, -0.05) is 42.8 Å². The number of Topliss-reactive ketones (excluding diaryl/α,β-unsaturated/α-hetero) is 2. The van der Waals surface area contributed by atoms with Crippen LogP contribution in [0.2, 0.25) is 0 Å². The summed E-state index contributed by atoms with van der Waals surface area (Å²) in [4.78, 5) is 25.8. The number of benzene rings is 2. The van der Waals surface area contributed by atoms with Crippen LogP contribution in [0.4, 0.5) is 0 Å². The maximum atomic E-state index is 12.9. The molecular weight excluding hydrogens is 272 g/mol. The Morgan fingerprint density at radius 3 is 2.14 bits per heavy atom. The van der Waals surface area contributed by atoms with E-state index in [-0.39, 0.29) is 23.4 Å². The third-order valence-electron chi connectivity index (χ3n) is 5.17. The Morgan fingerprint density at radius 1 is 0.955 bits per heavy atom. The van der Waals surface area contributed by atoms with Crippen LogP contribution < -0.4 is 0 Å². The molecule has 0 saturated heterocycles. The molecule has 4 rings (SSSR count). The monoisotopic (exact) mass is 290 g/mol. The van der Waals surface area contributed by atoms with Gasteiger partial charge in [0.05, 0.1) is 0 Å². The van der Waals surface area contributed by atoms with Crippen LogP contribution in [0.15, 0.2) is 48.0 Å². The van der Waals surface area contributed by atoms with Crippen molar-refractivity contribution in [1.29, 1.82) is 0 Å².